The molecular weight excluding hydrogens is 489 g/mol. The predicted octanol–water partition coefficient (Wildman–Crippen LogP) is 4.07. The number of pyridine rings is 2. The Morgan fingerprint density at radius 2 is 1.94 bits per heavy atom. The number of hydrogen-bond donors (Lipinski definition) is 1. The topological polar surface area (TPSA) is 125 Å². The van der Waals surface area contributed by atoms with Gasteiger partial charge in [-0.05, 0) is 48.6 Å². The van der Waals surface area contributed by atoms with Crippen LogP contribution in [0.3, 0.4) is 0 Å². The van der Waals surface area contributed by atoms with Gasteiger partial charge in [0.2, 0.25) is 5.13 Å². The standard InChI is InChI=1S/C24H20FN5O5S/c1-13-9-16(20-18(25)5-4-6-19(20)33-2)17(11-27-13)21(31)28-23-29-30-24(36-23)35-12-15-10-14(7-8-26-15)22(32)34-3/h4-11H,12H2,1-3H3,(H,28,29,31). The number of benzene rings is 1. The average Bonchev–Trinajstić information content (AvgIpc) is 3.33. The fraction of sp³-hybridized carbons (Fsp3) is 0.167. The van der Waals surface area contributed by atoms with E-state index in [2.05, 4.69) is 25.5 Å². The molecule has 10 nitrogen and oxygen atoms in total. The third kappa shape index (κ3) is 5.44. The highest BCUT2D eigenvalue weighted by atomic mass is 32.1. The van der Waals surface area contributed by atoms with Gasteiger partial charge in [-0.1, -0.05) is 11.2 Å². The average molecular weight is 510 g/mol. The van der Waals surface area contributed by atoms with Crippen LogP contribution in [0.2, 0.25) is 0 Å². The first kappa shape index (κ1) is 24.7. The van der Waals surface area contributed by atoms with Crippen LogP contribution in [0, 0.1) is 12.7 Å². The van der Waals surface area contributed by atoms with Crippen molar-refractivity contribution in [1.82, 2.24) is 20.2 Å². The quantitative estimate of drug-likeness (QED) is 0.350. The van der Waals surface area contributed by atoms with Gasteiger partial charge in [-0.3, -0.25) is 20.1 Å². The summed E-state index contributed by atoms with van der Waals surface area (Å²) in [5.74, 6) is -1.30. The van der Waals surface area contributed by atoms with Gasteiger partial charge in [-0.25, -0.2) is 9.18 Å². The minimum atomic E-state index is -0.557. The molecule has 1 amide bonds. The van der Waals surface area contributed by atoms with E-state index in [0.29, 0.717) is 22.5 Å². The van der Waals surface area contributed by atoms with Crippen LogP contribution in [0.1, 0.15) is 32.1 Å². The van der Waals surface area contributed by atoms with Crippen LogP contribution in [-0.4, -0.2) is 46.3 Å². The molecule has 0 fully saturated rings. The molecule has 1 N–H and O–H groups in total. The van der Waals surface area contributed by atoms with Gasteiger partial charge in [-0.2, -0.15) is 0 Å². The van der Waals surface area contributed by atoms with Crippen molar-refractivity contribution in [2.24, 2.45) is 0 Å². The molecule has 0 aliphatic rings. The summed E-state index contributed by atoms with van der Waals surface area (Å²) in [5, 5.41) is 10.8. The molecule has 12 heteroatoms. The number of nitrogens with one attached hydrogen (secondary N) is 1. The second-order valence-corrected chi connectivity index (χ2v) is 8.27. The fourth-order valence-electron chi connectivity index (χ4n) is 3.30. The maximum Gasteiger partial charge on any atom is 0.337 e. The molecule has 0 aliphatic heterocycles. The van der Waals surface area contributed by atoms with Gasteiger partial charge in [0.05, 0.1) is 36.6 Å². The van der Waals surface area contributed by atoms with Gasteiger partial charge in [0.15, 0.2) is 0 Å². The van der Waals surface area contributed by atoms with Crippen molar-refractivity contribution < 1.29 is 28.2 Å². The van der Waals surface area contributed by atoms with Gasteiger partial charge in [0.25, 0.3) is 11.1 Å². The summed E-state index contributed by atoms with van der Waals surface area (Å²) < 4.78 is 30.3. The lowest BCUT2D eigenvalue weighted by Crippen LogP contribution is -2.14. The zero-order valence-corrected chi connectivity index (χ0v) is 20.3. The Kier molecular flexibility index (Phi) is 7.44. The Balaban J connectivity index is 1.51. The Bertz CT molecular complexity index is 1430. The molecule has 0 unspecified atom stereocenters. The largest absolute Gasteiger partial charge is 0.496 e. The first-order chi connectivity index (χ1) is 17.4. The van der Waals surface area contributed by atoms with Crippen LogP contribution in [0.5, 0.6) is 10.9 Å². The number of nitrogens with zero attached hydrogens (tertiary/aromatic N) is 4. The molecule has 0 bridgehead atoms. The summed E-state index contributed by atoms with van der Waals surface area (Å²) in [5.41, 5.74) is 2.03. The van der Waals surface area contributed by atoms with E-state index in [9.17, 15) is 14.0 Å². The van der Waals surface area contributed by atoms with E-state index in [4.69, 9.17) is 14.2 Å². The third-order valence-electron chi connectivity index (χ3n) is 4.96. The smallest absolute Gasteiger partial charge is 0.337 e. The van der Waals surface area contributed by atoms with E-state index in [1.54, 1.807) is 25.1 Å². The predicted molar refractivity (Wildman–Crippen MR) is 129 cm³/mol. The molecule has 0 radical (unpaired) electrons. The Hall–Kier alpha value is -4.45. The monoisotopic (exact) mass is 509 g/mol. The number of carbonyl (C=O) groups excluding carboxylic acids is 2. The van der Waals surface area contributed by atoms with Crippen LogP contribution in [-0.2, 0) is 11.3 Å². The maximum atomic E-state index is 14.7. The molecule has 0 saturated heterocycles. The first-order valence-electron chi connectivity index (χ1n) is 10.5. The highest BCUT2D eigenvalue weighted by Crippen LogP contribution is 2.35. The number of esters is 1. The Morgan fingerprint density at radius 1 is 1.11 bits per heavy atom. The molecule has 184 valence electrons. The number of methoxy groups -OCH3 is 2. The molecule has 0 atom stereocenters. The normalized spacial score (nSPS) is 10.6. The van der Waals surface area contributed by atoms with Gasteiger partial charge in [0, 0.05) is 23.7 Å². The number of hydrogen-bond acceptors (Lipinski definition) is 10. The molecule has 3 aromatic heterocycles. The fourth-order valence-corrected chi connectivity index (χ4v) is 3.89. The number of aryl methyl sites for hydroxylation is 1. The zero-order valence-electron chi connectivity index (χ0n) is 19.4. The van der Waals surface area contributed by atoms with Crippen molar-refractivity contribution in [3.63, 3.8) is 0 Å². The third-order valence-corrected chi connectivity index (χ3v) is 5.71. The maximum absolute atomic E-state index is 14.7. The zero-order chi connectivity index (χ0) is 25.7. The highest BCUT2D eigenvalue weighted by molar-refractivity contribution is 7.17. The van der Waals surface area contributed by atoms with Crippen LogP contribution in [0.15, 0.2) is 48.8 Å². The van der Waals surface area contributed by atoms with Crippen LogP contribution >= 0.6 is 11.3 Å². The minimum absolute atomic E-state index is 0.0204. The number of halogens is 1. The summed E-state index contributed by atoms with van der Waals surface area (Å²) in [7, 11) is 2.72. The number of carbonyl (C=O) groups is 2. The molecule has 36 heavy (non-hydrogen) atoms. The summed E-state index contributed by atoms with van der Waals surface area (Å²) in [6.07, 6.45) is 2.83. The highest BCUT2D eigenvalue weighted by Gasteiger charge is 2.21. The molecule has 0 spiro atoms. The second kappa shape index (κ2) is 10.9. The Morgan fingerprint density at radius 3 is 2.72 bits per heavy atom. The van der Waals surface area contributed by atoms with Crippen molar-refractivity contribution in [1.29, 1.82) is 0 Å². The van der Waals surface area contributed by atoms with Crippen molar-refractivity contribution in [2.45, 2.75) is 13.5 Å². The lowest BCUT2D eigenvalue weighted by molar-refractivity contribution is 0.0600. The van der Waals surface area contributed by atoms with E-state index in [0.717, 1.165) is 11.3 Å². The minimum Gasteiger partial charge on any atom is -0.496 e. The number of rotatable bonds is 8. The molecule has 0 saturated carbocycles. The van der Waals surface area contributed by atoms with Crippen LogP contribution in [0.4, 0.5) is 9.52 Å². The summed E-state index contributed by atoms with van der Waals surface area (Å²) in [6.45, 7) is 1.76. The van der Waals surface area contributed by atoms with Crippen LogP contribution in [0.25, 0.3) is 11.1 Å². The summed E-state index contributed by atoms with van der Waals surface area (Å²) >= 11 is 0.991. The summed E-state index contributed by atoms with van der Waals surface area (Å²) in [6, 6.07) is 9.10. The van der Waals surface area contributed by atoms with Crippen LogP contribution < -0.4 is 14.8 Å². The molecular formula is C24H20FN5O5S. The van der Waals surface area contributed by atoms with Gasteiger partial charge < -0.3 is 14.2 Å². The SMILES string of the molecule is COC(=O)c1ccnc(COc2nnc(NC(=O)c3cnc(C)cc3-c3c(F)cccc3OC)s2)c1. The molecule has 4 aromatic rings. The van der Waals surface area contributed by atoms with Crippen molar-refractivity contribution in [3.8, 4) is 22.1 Å². The Labute approximate surface area is 209 Å². The number of amides is 1. The lowest BCUT2D eigenvalue weighted by Gasteiger charge is -2.14. The van der Waals surface area contributed by atoms with Crippen molar-refractivity contribution >= 4 is 28.3 Å². The molecule has 0 aliphatic carbocycles. The molecule has 1 aromatic carbocycles. The summed E-state index contributed by atoms with van der Waals surface area (Å²) in [4.78, 5) is 33.1. The van der Waals surface area contributed by atoms with E-state index >= 15 is 0 Å². The van der Waals surface area contributed by atoms with Crippen molar-refractivity contribution in [2.75, 3.05) is 19.5 Å². The van der Waals surface area contributed by atoms with E-state index < -0.39 is 17.7 Å². The molecule has 4 rings (SSSR count). The van der Waals surface area contributed by atoms with E-state index in [1.165, 1.54) is 44.8 Å². The van der Waals surface area contributed by atoms with Gasteiger partial charge in [-0.15, -0.1) is 5.10 Å². The lowest BCUT2D eigenvalue weighted by atomic mass is 9.98. The second-order valence-electron chi connectivity index (χ2n) is 7.33. The molecule has 3 heterocycles. The number of aromatic nitrogens is 4. The van der Waals surface area contributed by atoms with Gasteiger partial charge in [0.1, 0.15) is 18.2 Å². The van der Waals surface area contributed by atoms with Crippen molar-refractivity contribution in [3.05, 3.63) is 77.1 Å². The van der Waals surface area contributed by atoms with E-state index in [-0.39, 0.29) is 33.8 Å². The number of anilines is 1. The van der Waals surface area contributed by atoms with Gasteiger partial charge >= 0.3 is 5.97 Å². The number of ether oxygens (including phenoxy) is 3. The first-order valence-corrected chi connectivity index (χ1v) is 11.3. The van der Waals surface area contributed by atoms with E-state index in [1.807, 2.05) is 0 Å².